The van der Waals surface area contributed by atoms with Gasteiger partial charge in [0.25, 0.3) is 0 Å². The maximum absolute atomic E-state index is 4.42. The quantitative estimate of drug-likeness (QED) is 0.757. The molecule has 2 rings (SSSR count). The number of hydrogen-bond donors (Lipinski definition) is 0. The lowest BCUT2D eigenvalue weighted by Gasteiger charge is -2.35. The van der Waals surface area contributed by atoms with Crippen LogP contribution in [0.25, 0.3) is 0 Å². The maximum atomic E-state index is 4.42. The van der Waals surface area contributed by atoms with Crippen LogP contribution in [0.5, 0.6) is 0 Å². The van der Waals surface area contributed by atoms with Crippen LogP contribution in [0.15, 0.2) is 6.33 Å². The van der Waals surface area contributed by atoms with E-state index < -0.39 is 0 Å². The highest BCUT2D eigenvalue weighted by molar-refractivity contribution is 9.09. The third-order valence-electron chi connectivity index (χ3n) is 3.67. The third-order valence-corrected chi connectivity index (χ3v) is 4.12. The molecular weight excluding hydrogens is 292 g/mol. The van der Waals surface area contributed by atoms with Gasteiger partial charge in [0.15, 0.2) is 0 Å². The number of likely N-dealkylation sites (tertiary alicyclic amines) is 1. The van der Waals surface area contributed by atoms with E-state index in [-0.39, 0.29) is 0 Å². The monoisotopic (exact) mass is 314 g/mol. The molecule has 1 aliphatic rings. The summed E-state index contributed by atoms with van der Waals surface area (Å²) in [5, 5.41) is 5.41. The number of halogens is 1. The van der Waals surface area contributed by atoms with Gasteiger partial charge in [0, 0.05) is 17.9 Å². The minimum atomic E-state index is 0.713. The molecule has 1 aromatic rings. The SMILES string of the molecule is CCCn1ncnc1CN1CCCCC1CCBr. The van der Waals surface area contributed by atoms with Crippen molar-refractivity contribution in [1.82, 2.24) is 19.7 Å². The average Bonchev–Trinajstić information content (AvgIpc) is 2.80. The summed E-state index contributed by atoms with van der Waals surface area (Å²) >= 11 is 3.57. The predicted molar refractivity (Wildman–Crippen MR) is 76.8 cm³/mol. The van der Waals surface area contributed by atoms with Crippen molar-refractivity contribution in [3.8, 4) is 0 Å². The highest BCUT2D eigenvalue weighted by atomic mass is 79.9. The lowest BCUT2D eigenvalue weighted by atomic mass is 10.00. The van der Waals surface area contributed by atoms with E-state index in [1.807, 2.05) is 0 Å². The fourth-order valence-corrected chi connectivity index (χ4v) is 3.24. The maximum Gasteiger partial charge on any atom is 0.141 e. The number of nitrogens with zero attached hydrogens (tertiary/aromatic N) is 4. The standard InChI is InChI=1S/C13H23BrN4/c1-2-8-18-13(15-11-16-18)10-17-9-4-3-5-12(17)6-7-14/h11-12H,2-10H2,1H3. The molecule has 0 N–H and O–H groups in total. The van der Waals surface area contributed by atoms with E-state index in [4.69, 9.17) is 0 Å². The first-order valence-electron chi connectivity index (χ1n) is 7.01. The van der Waals surface area contributed by atoms with Gasteiger partial charge < -0.3 is 0 Å². The Morgan fingerprint density at radius 3 is 3.11 bits per heavy atom. The highest BCUT2D eigenvalue weighted by Crippen LogP contribution is 2.22. The first-order valence-corrected chi connectivity index (χ1v) is 8.14. The molecule has 1 unspecified atom stereocenters. The summed E-state index contributed by atoms with van der Waals surface area (Å²) in [6, 6.07) is 0.713. The molecule has 0 aliphatic carbocycles. The zero-order valence-electron chi connectivity index (χ0n) is 11.2. The minimum Gasteiger partial charge on any atom is -0.293 e. The molecule has 1 aliphatic heterocycles. The molecule has 0 radical (unpaired) electrons. The summed E-state index contributed by atoms with van der Waals surface area (Å²) < 4.78 is 2.06. The normalized spacial score (nSPS) is 21.3. The fourth-order valence-electron chi connectivity index (χ4n) is 2.71. The van der Waals surface area contributed by atoms with Crippen LogP contribution in [0.3, 0.4) is 0 Å². The first-order chi connectivity index (χ1) is 8.85. The Balaban J connectivity index is 1.99. The molecule has 2 heterocycles. The van der Waals surface area contributed by atoms with Crippen LogP contribution >= 0.6 is 15.9 Å². The van der Waals surface area contributed by atoms with Gasteiger partial charge >= 0.3 is 0 Å². The lowest BCUT2D eigenvalue weighted by molar-refractivity contribution is 0.131. The van der Waals surface area contributed by atoms with Gasteiger partial charge in [0.2, 0.25) is 0 Å². The van der Waals surface area contributed by atoms with Gasteiger partial charge in [0.1, 0.15) is 12.2 Å². The van der Waals surface area contributed by atoms with Crippen LogP contribution in [-0.2, 0) is 13.1 Å². The van der Waals surface area contributed by atoms with Gasteiger partial charge in [-0.1, -0.05) is 29.3 Å². The van der Waals surface area contributed by atoms with E-state index in [0.29, 0.717) is 6.04 Å². The summed E-state index contributed by atoms with van der Waals surface area (Å²) in [5.41, 5.74) is 0. The van der Waals surface area contributed by atoms with Gasteiger partial charge in [0.05, 0.1) is 6.54 Å². The van der Waals surface area contributed by atoms with Crippen molar-refractivity contribution in [1.29, 1.82) is 0 Å². The number of aryl methyl sites for hydroxylation is 1. The van der Waals surface area contributed by atoms with Crippen molar-refractivity contribution < 1.29 is 0 Å². The summed E-state index contributed by atoms with van der Waals surface area (Å²) in [6.07, 6.45) is 8.06. The number of alkyl halides is 1. The molecule has 0 bridgehead atoms. The van der Waals surface area contributed by atoms with E-state index in [1.54, 1.807) is 6.33 Å². The fraction of sp³-hybridized carbons (Fsp3) is 0.846. The Labute approximate surface area is 118 Å². The number of aromatic nitrogens is 3. The van der Waals surface area contributed by atoms with Crippen molar-refractivity contribution in [3.63, 3.8) is 0 Å². The summed E-state index contributed by atoms with van der Waals surface area (Å²) in [6.45, 7) is 5.32. The largest absolute Gasteiger partial charge is 0.293 e. The molecule has 5 heteroatoms. The van der Waals surface area contributed by atoms with Crippen LogP contribution in [0, 0.1) is 0 Å². The van der Waals surface area contributed by atoms with Crippen molar-refractivity contribution >= 4 is 15.9 Å². The van der Waals surface area contributed by atoms with E-state index in [9.17, 15) is 0 Å². The Hall–Kier alpha value is -0.420. The zero-order valence-corrected chi connectivity index (χ0v) is 12.8. The van der Waals surface area contributed by atoms with Gasteiger partial charge in [-0.15, -0.1) is 0 Å². The molecule has 102 valence electrons. The van der Waals surface area contributed by atoms with Crippen molar-refractivity contribution in [3.05, 3.63) is 12.2 Å². The Kier molecular flexibility index (Phi) is 5.63. The highest BCUT2D eigenvalue weighted by Gasteiger charge is 2.23. The molecule has 18 heavy (non-hydrogen) atoms. The number of rotatable bonds is 6. The van der Waals surface area contributed by atoms with Gasteiger partial charge in [-0.3, -0.25) is 4.90 Å². The zero-order chi connectivity index (χ0) is 12.8. The molecule has 4 nitrogen and oxygen atoms in total. The Bertz CT molecular complexity index is 351. The molecule has 0 aromatic carbocycles. The molecule has 0 amide bonds. The molecule has 1 atom stereocenters. The van der Waals surface area contributed by atoms with Gasteiger partial charge in [-0.05, 0) is 32.2 Å². The molecule has 1 saturated heterocycles. The van der Waals surface area contributed by atoms with Crippen LogP contribution in [0.1, 0.15) is 44.9 Å². The Morgan fingerprint density at radius 2 is 2.33 bits per heavy atom. The van der Waals surface area contributed by atoms with E-state index in [2.05, 4.69) is 42.5 Å². The van der Waals surface area contributed by atoms with E-state index >= 15 is 0 Å². The average molecular weight is 315 g/mol. The smallest absolute Gasteiger partial charge is 0.141 e. The van der Waals surface area contributed by atoms with Crippen LogP contribution in [0.4, 0.5) is 0 Å². The number of hydrogen-bond acceptors (Lipinski definition) is 3. The van der Waals surface area contributed by atoms with Crippen molar-refractivity contribution in [2.24, 2.45) is 0 Å². The first kappa shape index (κ1) is 14.0. The molecule has 1 aromatic heterocycles. The van der Waals surface area contributed by atoms with Crippen molar-refractivity contribution in [2.45, 2.75) is 58.2 Å². The molecule has 0 spiro atoms. The molecular formula is C13H23BrN4. The second kappa shape index (κ2) is 7.24. The number of piperidine rings is 1. The van der Waals surface area contributed by atoms with Gasteiger partial charge in [-0.2, -0.15) is 5.10 Å². The molecule has 0 saturated carbocycles. The van der Waals surface area contributed by atoms with Crippen LogP contribution in [0.2, 0.25) is 0 Å². The lowest BCUT2D eigenvalue weighted by Crippen LogP contribution is -2.39. The Morgan fingerprint density at radius 1 is 1.44 bits per heavy atom. The molecule has 1 fully saturated rings. The van der Waals surface area contributed by atoms with E-state index in [1.165, 1.54) is 32.2 Å². The second-order valence-electron chi connectivity index (χ2n) is 5.00. The van der Waals surface area contributed by atoms with Gasteiger partial charge in [-0.25, -0.2) is 9.67 Å². The second-order valence-corrected chi connectivity index (χ2v) is 5.79. The predicted octanol–water partition coefficient (Wildman–Crippen LogP) is 2.83. The van der Waals surface area contributed by atoms with E-state index in [0.717, 1.165) is 30.7 Å². The minimum absolute atomic E-state index is 0.713. The van der Waals surface area contributed by atoms with Crippen LogP contribution in [-0.4, -0.2) is 37.6 Å². The summed E-state index contributed by atoms with van der Waals surface area (Å²) in [5.74, 6) is 1.12. The topological polar surface area (TPSA) is 34.0 Å². The summed E-state index contributed by atoms with van der Waals surface area (Å²) in [4.78, 5) is 7.01. The summed E-state index contributed by atoms with van der Waals surface area (Å²) in [7, 11) is 0. The van der Waals surface area contributed by atoms with Crippen LogP contribution < -0.4 is 0 Å². The van der Waals surface area contributed by atoms with Crippen molar-refractivity contribution in [2.75, 3.05) is 11.9 Å². The third kappa shape index (κ3) is 3.54.